The number of unbranched alkanes of at least 4 members (excludes halogenated alkanes) is 2. The molecule has 1 aliphatic rings. The summed E-state index contributed by atoms with van der Waals surface area (Å²) in [5.41, 5.74) is 8.57. The van der Waals surface area contributed by atoms with Gasteiger partial charge in [-0.1, -0.05) is 83.1 Å². The number of hydrogen-bond acceptors (Lipinski definition) is 12. The van der Waals surface area contributed by atoms with Gasteiger partial charge in [-0.2, -0.15) is 0 Å². The lowest BCUT2D eigenvalue weighted by Crippen LogP contribution is -2.56. The topological polar surface area (TPSA) is 318 Å². The second-order valence-corrected chi connectivity index (χ2v) is 16.1. The van der Waals surface area contributed by atoms with Crippen LogP contribution >= 0.6 is 0 Å². The van der Waals surface area contributed by atoms with E-state index in [1.807, 2.05) is 12.2 Å². The molecule has 0 aromatic carbocycles. The molecular formula is C45H71N9O12. The zero-order valence-electron chi connectivity index (χ0n) is 39.2. The maximum atomic E-state index is 14.1. The molecule has 0 saturated carbocycles. The number of carbonyl (C=O) groups is 9. The first kappa shape index (κ1) is 57.5. The second-order valence-electron chi connectivity index (χ2n) is 16.1. The van der Waals surface area contributed by atoms with E-state index in [1.165, 1.54) is 33.1 Å². The maximum Gasteiger partial charge on any atom is 0.325 e. The van der Waals surface area contributed by atoms with Crippen LogP contribution in [0.15, 0.2) is 60.4 Å². The lowest BCUT2D eigenvalue weighted by atomic mass is 9.83. The maximum absolute atomic E-state index is 14.1. The van der Waals surface area contributed by atoms with E-state index in [0.717, 1.165) is 31.8 Å². The van der Waals surface area contributed by atoms with Gasteiger partial charge in [0.2, 0.25) is 23.6 Å². The highest BCUT2D eigenvalue weighted by Gasteiger charge is 2.43. The van der Waals surface area contributed by atoms with Crippen molar-refractivity contribution in [2.24, 2.45) is 22.8 Å². The van der Waals surface area contributed by atoms with E-state index in [0.29, 0.717) is 0 Å². The Labute approximate surface area is 387 Å². The van der Waals surface area contributed by atoms with E-state index < -0.39 is 109 Å². The zero-order valence-corrected chi connectivity index (χ0v) is 39.2. The molecule has 21 nitrogen and oxygen atoms in total. The zero-order chi connectivity index (χ0) is 49.7. The number of rotatable bonds is 18. The summed E-state index contributed by atoms with van der Waals surface area (Å²) in [6.07, 6.45) is 16.7. The van der Waals surface area contributed by atoms with Crippen molar-refractivity contribution in [3.8, 4) is 0 Å². The fourth-order valence-electron chi connectivity index (χ4n) is 5.93. The molecule has 1 rings (SSSR count). The molecular weight excluding hydrogens is 859 g/mol. The van der Waals surface area contributed by atoms with Crippen LogP contribution in [0.5, 0.6) is 0 Å². The molecule has 1 aliphatic heterocycles. The predicted molar refractivity (Wildman–Crippen MR) is 245 cm³/mol. The van der Waals surface area contributed by atoms with Gasteiger partial charge in [0, 0.05) is 32.7 Å². The highest BCUT2D eigenvalue weighted by molar-refractivity contribution is 6.02. The number of carbonyl (C=O) groups excluding carboxylic acids is 9. The van der Waals surface area contributed by atoms with Crippen molar-refractivity contribution < 1.29 is 57.4 Å². The van der Waals surface area contributed by atoms with Gasteiger partial charge in [0.05, 0.1) is 18.1 Å². The van der Waals surface area contributed by atoms with Crippen LogP contribution in [-0.2, 0) is 47.8 Å². The van der Waals surface area contributed by atoms with Crippen LogP contribution in [0.4, 0.5) is 9.59 Å². The molecule has 0 radical (unpaired) electrons. The molecule has 1 heterocycles. The number of esters is 2. The highest BCUT2D eigenvalue weighted by atomic mass is 16.6. The van der Waals surface area contributed by atoms with Crippen molar-refractivity contribution >= 4 is 53.5 Å². The SMILES string of the molecule is CC/C=C1/NC(=O)/C=C/[C@@H](C(C)C)OC(=O)C(C)(C)C(C[C@H](/C=C/C=C/C/C=C\CCCC)OC)OC(=O)CNC(=O)C(CNC(N)=O)NC(=O)CNC(=O)[C@@H](CCCNC(N)=O)NC1=O. The first-order valence-electron chi connectivity index (χ1n) is 22.1. The summed E-state index contributed by atoms with van der Waals surface area (Å²) in [4.78, 5) is 117. The lowest BCUT2D eigenvalue weighted by molar-refractivity contribution is -0.175. The van der Waals surface area contributed by atoms with E-state index in [-0.39, 0.29) is 43.8 Å². The van der Waals surface area contributed by atoms with Gasteiger partial charge in [0.1, 0.15) is 36.5 Å². The first-order valence-corrected chi connectivity index (χ1v) is 22.1. The van der Waals surface area contributed by atoms with Gasteiger partial charge in [-0.3, -0.25) is 33.6 Å². The molecule has 0 aliphatic carbocycles. The van der Waals surface area contributed by atoms with Crippen LogP contribution in [0.25, 0.3) is 0 Å². The third kappa shape index (κ3) is 23.4. The minimum atomic E-state index is -1.56. The first-order chi connectivity index (χ1) is 31.2. The number of urea groups is 2. The number of ether oxygens (including phenoxy) is 3. The number of primary amides is 2. The van der Waals surface area contributed by atoms with Crippen LogP contribution in [0, 0.1) is 11.3 Å². The Balaban J connectivity index is 3.67. The van der Waals surface area contributed by atoms with E-state index in [4.69, 9.17) is 25.7 Å². The molecule has 0 aromatic rings. The Morgan fingerprint density at radius 2 is 1.58 bits per heavy atom. The van der Waals surface area contributed by atoms with E-state index in [9.17, 15) is 43.2 Å². The van der Waals surface area contributed by atoms with Crippen LogP contribution in [0.2, 0.25) is 0 Å². The molecule has 368 valence electrons. The Kier molecular flexibility index (Phi) is 27.3. The Morgan fingerprint density at radius 3 is 2.21 bits per heavy atom. The van der Waals surface area contributed by atoms with Crippen molar-refractivity contribution in [2.45, 2.75) is 123 Å². The van der Waals surface area contributed by atoms with E-state index in [2.05, 4.69) is 56.3 Å². The molecule has 0 fully saturated rings. The normalized spacial score (nSPS) is 22.7. The summed E-state index contributed by atoms with van der Waals surface area (Å²) in [5, 5.41) is 16.7. The number of nitrogens with one attached hydrogen (secondary N) is 7. The van der Waals surface area contributed by atoms with Gasteiger partial charge in [0.25, 0.3) is 5.91 Å². The molecule has 0 saturated heterocycles. The summed E-state index contributed by atoms with van der Waals surface area (Å²) in [5.74, 6) is -6.52. The molecule has 5 atom stereocenters. The van der Waals surface area contributed by atoms with Crippen LogP contribution in [0.3, 0.4) is 0 Å². The van der Waals surface area contributed by atoms with Crippen molar-refractivity contribution in [2.75, 3.05) is 33.3 Å². The van der Waals surface area contributed by atoms with Crippen molar-refractivity contribution in [1.82, 2.24) is 37.2 Å². The van der Waals surface area contributed by atoms with Gasteiger partial charge in [-0.05, 0) is 57.9 Å². The average Bonchev–Trinajstić information content (AvgIpc) is 3.26. The van der Waals surface area contributed by atoms with Crippen molar-refractivity contribution in [1.29, 1.82) is 0 Å². The lowest BCUT2D eigenvalue weighted by Gasteiger charge is -2.34. The number of allylic oxidation sites excluding steroid dienone is 6. The number of nitrogens with two attached hydrogens (primary N) is 2. The van der Waals surface area contributed by atoms with Gasteiger partial charge in [0.15, 0.2) is 0 Å². The quantitative estimate of drug-likeness (QED) is 0.0310. The minimum absolute atomic E-state index is 0.0336. The van der Waals surface area contributed by atoms with Crippen LogP contribution in [-0.4, -0.2) is 117 Å². The van der Waals surface area contributed by atoms with Crippen LogP contribution in [0.1, 0.15) is 92.9 Å². The average molecular weight is 930 g/mol. The number of hydrogen-bond donors (Lipinski definition) is 9. The molecule has 66 heavy (non-hydrogen) atoms. The Morgan fingerprint density at radius 1 is 0.894 bits per heavy atom. The second kappa shape index (κ2) is 31.4. The minimum Gasteiger partial charge on any atom is -0.460 e. The molecule has 9 amide bonds. The van der Waals surface area contributed by atoms with Crippen molar-refractivity contribution in [3.05, 3.63) is 60.4 Å². The fourth-order valence-corrected chi connectivity index (χ4v) is 5.93. The summed E-state index contributed by atoms with van der Waals surface area (Å²) in [7, 11) is 1.45. The molecule has 0 spiro atoms. The van der Waals surface area contributed by atoms with Gasteiger partial charge >= 0.3 is 24.0 Å². The smallest absolute Gasteiger partial charge is 0.325 e. The largest absolute Gasteiger partial charge is 0.460 e. The summed E-state index contributed by atoms with van der Waals surface area (Å²) < 4.78 is 17.5. The van der Waals surface area contributed by atoms with Crippen LogP contribution < -0.4 is 48.7 Å². The third-order valence-corrected chi connectivity index (χ3v) is 9.89. The standard InChI is InChI=1S/C45H71N9O12/c1-8-10-11-12-13-14-15-16-17-20-30(64-7)25-35-45(5,6)42(61)65-34(29(3)4)22-23-36(55)52-31(19-9-2)41(60)54-32(21-18-24-48-43(46)62)39(58)49-27-37(56)53-33(26-51-44(47)63)40(59)50-28-38(57)66-35/h12-13,15-17,19-20,22-23,29-30,32-35H,8-11,14,18,21,24-28H2,1-7H3,(H,49,58)(H,50,59)(H,52,55)(H,53,56)(H,54,60)(H3,46,48,62)(H3,47,51,63)/b13-12-,16-15+,20-17+,23-22+,31-19+/t30-,32+,33?,34-,35?/m0/s1. The molecule has 0 aromatic heterocycles. The van der Waals surface area contributed by atoms with Gasteiger partial charge < -0.3 is 62.9 Å². The van der Waals surface area contributed by atoms with E-state index in [1.54, 1.807) is 32.9 Å². The number of amides is 9. The van der Waals surface area contributed by atoms with Gasteiger partial charge in [-0.25, -0.2) is 9.59 Å². The Bertz CT molecular complexity index is 1810. The predicted octanol–water partition coefficient (Wildman–Crippen LogP) is 1.44. The van der Waals surface area contributed by atoms with Gasteiger partial charge in [-0.15, -0.1) is 0 Å². The summed E-state index contributed by atoms with van der Waals surface area (Å²) >= 11 is 0. The summed E-state index contributed by atoms with van der Waals surface area (Å²) in [6, 6.07) is -4.68. The van der Waals surface area contributed by atoms with Crippen molar-refractivity contribution in [3.63, 3.8) is 0 Å². The molecule has 11 N–H and O–H groups in total. The summed E-state index contributed by atoms with van der Waals surface area (Å²) in [6.45, 7) is 8.37. The molecule has 21 heteroatoms. The number of methoxy groups -OCH3 is 1. The molecule has 2 unspecified atom stereocenters. The monoisotopic (exact) mass is 930 g/mol. The third-order valence-electron chi connectivity index (χ3n) is 9.89. The fraction of sp³-hybridized carbons (Fsp3) is 0.578. The Hall–Kier alpha value is -6.51. The number of cyclic esters (lactones) is 2. The highest BCUT2D eigenvalue weighted by Crippen LogP contribution is 2.31. The molecule has 0 bridgehead atoms. The van der Waals surface area contributed by atoms with E-state index >= 15 is 0 Å².